The summed E-state index contributed by atoms with van der Waals surface area (Å²) in [6, 6.07) is 4.93. The van der Waals surface area contributed by atoms with E-state index in [0.717, 1.165) is 45.9 Å². The summed E-state index contributed by atoms with van der Waals surface area (Å²) in [6.45, 7) is 2.92. The lowest BCUT2D eigenvalue weighted by Crippen LogP contribution is -2.30. The Morgan fingerprint density at radius 2 is 2.11 bits per heavy atom. The Hall–Kier alpha value is -0.100. The quantitative estimate of drug-likeness (QED) is 0.721. The zero-order chi connectivity index (χ0) is 13.8. The summed E-state index contributed by atoms with van der Waals surface area (Å²) in [5, 5.41) is 3.48. The number of likely N-dealkylation sites (N-methyl/N-ethyl adjacent to an activating group) is 1. The lowest BCUT2D eigenvalue weighted by molar-refractivity contribution is 0.321. The van der Waals surface area contributed by atoms with Gasteiger partial charge in [0.05, 0.1) is 11.6 Å². The minimum atomic E-state index is 0.819. The maximum atomic E-state index is 5.44. The molecule has 0 aliphatic heterocycles. The van der Waals surface area contributed by atoms with Crippen LogP contribution >= 0.6 is 31.9 Å². The molecular formula is C14H20Br2N2O. The molecule has 0 heterocycles. The van der Waals surface area contributed by atoms with Crippen LogP contribution in [0.3, 0.4) is 0 Å². The van der Waals surface area contributed by atoms with Crippen molar-refractivity contribution >= 4 is 31.9 Å². The van der Waals surface area contributed by atoms with E-state index in [1.165, 1.54) is 12.8 Å². The summed E-state index contributed by atoms with van der Waals surface area (Å²) in [6.07, 6.45) is 2.73. The number of rotatable bonds is 7. The van der Waals surface area contributed by atoms with Crippen molar-refractivity contribution in [1.29, 1.82) is 0 Å². The number of halogens is 2. The molecule has 1 N–H and O–H groups in total. The summed E-state index contributed by atoms with van der Waals surface area (Å²) in [4.78, 5) is 2.43. The topological polar surface area (TPSA) is 24.5 Å². The van der Waals surface area contributed by atoms with Crippen LogP contribution < -0.4 is 10.1 Å². The summed E-state index contributed by atoms with van der Waals surface area (Å²) in [7, 11) is 3.91. The van der Waals surface area contributed by atoms with Crippen LogP contribution in [0.15, 0.2) is 21.1 Å². The van der Waals surface area contributed by atoms with Gasteiger partial charge in [0, 0.05) is 35.7 Å². The molecule has 106 valence electrons. The number of nitrogens with zero attached hydrogens (tertiary/aromatic N) is 1. The van der Waals surface area contributed by atoms with E-state index in [9.17, 15) is 0 Å². The van der Waals surface area contributed by atoms with Gasteiger partial charge >= 0.3 is 0 Å². The SMILES string of the molecule is COc1c(Br)cc(Br)cc1CNCCN(C)C1CC1. The highest BCUT2D eigenvalue weighted by Crippen LogP contribution is 2.32. The standard InChI is InChI=1S/C14H20Br2N2O/c1-18(12-3-4-12)6-5-17-9-10-7-11(15)8-13(16)14(10)19-2/h7-8,12,17H,3-6,9H2,1-2H3. The zero-order valence-electron chi connectivity index (χ0n) is 11.4. The van der Waals surface area contributed by atoms with Gasteiger partial charge in [0.2, 0.25) is 0 Å². The van der Waals surface area contributed by atoms with Gasteiger partial charge in [-0.2, -0.15) is 0 Å². The number of benzene rings is 1. The summed E-state index contributed by atoms with van der Waals surface area (Å²) < 4.78 is 7.48. The Kier molecular flexibility index (Phi) is 5.69. The van der Waals surface area contributed by atoms with Crippen molar-refractivity contribution in [2.45, 2.75) is 25.4 Å². The molecule has 19 heavy (non-hydrogen) atoms. The lowest BCUT2D eigenvalue weighted by atomic mass is 10.2. The fraction of sp³-hybridized carbons (Fsp3) is 0.571. The van der Waals surface area contributed by atoms with Gasteiger partial charge < -0.3 is 15.0 Å². The van der Waals surface area contributed by atoms with Crippen LogP contribution in [0.5, 0.6) is 5.75 Å². The predicted molar refractivity (Wildman–Crippen MR) is 85.8 cm³/mol. The maximum Gasteiger partial charge on any atom is 0.137 e. The van der Waals surface area contributed by atoms with Crippen LogP contribution in [0, 0.1) is 0 Å². The molecule has 1 aliphatic carbocycles. The van der Waals surface area contributed by atoms with Crippen molar-refractivity contribution in [2.75, 3.05) is 27.2 Å². The Bertz CT molecular complexity index is 436. The number of ether oxygens (including phenoxy) is 1. The van der Waals surface area contributed by atoms with Crippen molar-refractivity contribution in [2.24, 2.45) is 0 Å². The first kappa shape index (κ1) is 15.3. The van der Waals surface area contributed by atoms with Crippen molar-refractivity contribution in [3.63, 3.8) is 0 Å². The molecule has 0 saturated heterocycles. The maximum absolute atomic E-state index is 5.44. The van der Waals surface area contributed by atoms with Gasteiger partial charge in [-0.05, 0) is 48.0 Å². The van der Waals surface area contributed by atoms with Gasteiger partial charge in [-0.15, -0.1) is 0 Å². The van der Waals surface area contributed by atoms with E-state index in [2.05, 4.69) is 55.2 Å². The first-order chi connectivity index (χ1) is 9.11. The van der Waals surface area contributed by atoms with E-state index < -0.39 is 0 Å². The number of methoxy groups -OCH3 is 1. The largest absolute Gasteiger partial charge is 0.495 e. The number of hydrogen-bond donors (Lipinski definition) is 1. The molecule has 2 rings (SSSR count). The Balaban J connectivity index is 1.84. The Morgan fingerprint density at radius 1 is 1.37 bits per heavy atom. The van der Waals surface area contributed by atoms with Gasteiger partial charge in [0.1, 0.15) is 5.75 Å². The molecule has 0 bridgehead atoms. The lowest BCUT2D eigenvalue weighted by Gasteiger charge is -2.16. The molecule has 1 aliphatic rings. The third-order valence-electron chi connectivity index (χ3n) is 3.42. The van der Waals surface area contributed by atoms with E-state index in [1.54, 1.807) is 7.11 Å². The van der Waals surface area contributed by atoms with E-state index in [0.29, 0.717) is 0 Å². The van der Waals surface area contributed by atoms with E-state index in [4.69, 9.17) is 4.74 Å². The first-order valence-electron chi connectivity index (χ1n) is 6.54. The van der Waals surface area contributed by atoms with Gasteiger partial charge in [-0.1, -0.05) is 15.9 Å². The van der Waals surface area contributed by atoms with Gasteiger partial charge in [0.15, 0.2) is 0 Å². The molecule has 1 aromatic carbocycles. The average molecular weight is 392 g/mol. The Labute approximate surface area is 132 Å². The van der Waals surface area contributed by atoms with Crippen molar-refractivity contribution in [3.8, 4) is 5.75 Å². The molecule has 1 fully saturated rings. The molecule has 0 radical (unpaired) electrons. The molecule has 3 nitrogen and oxygen atoms in total. The van der Waals surface area contributed by atoms with Crippen LogP contribution in [0.1, 0.15) is 18.4 Å². The number of hydrogen-bond acceptors (Lipinski definition) is 3. The second-order valence-electron chi connectivity index (χ2n) is 4.97. The summed E-state index contributed by atoms with van der Waals surface area (Å²) in [5.74, 6) is 0.909. The summed E-state index contributed by atoms with van der Waals surface area (Å²) >= 11 is 7.04. The van der Waals surface area contributed by atoms with Crippen LogP contribution in [0.25, 0.3) is 0 Å². The van der Waals surface area contributed by atoms with Crippen LogP contribution in [-0.2, 0) is 6.54 Å². The highest BCUT2D eigenvalue weighted by molar-refractivity contribution is 9.11. The third-order valence-corrected chi connectivity index (χ3v) is 4.46. The van der Waals surface area contributed by atoms with Gasteiger partial charge in [-0.25, -0.2) is 0 Å². The highest BCUT2D eigenvalue weighted by Gasteiger charge is 2.25. The Morgan fingerprint density at radius 3 is 2.74 bits per heavy atom. The van der Waals surface area contributed by atoms with E-state index in [-0.39, 0.29) is 0 Å². The molecule has 0 atom stereocenters. The minimum absolute atomic E-state index is 0.819. The molecule has 0 spiro atoms. The smallest absolute Gasteiger partial charge is 0.137 e. The van der Waals surface area contributed by atoms with Crippen molar-refractivity contribution in [1.82, 2.24) is 10.2 Å². The van der Waals surface area contributed by atoms with Crippen LogP contribution in [0.2, 0.25) is 0 Å². The van der Waals surface area contributed by atoms with Gasteiger partial charge in [-0.3, -0.25) is 0 Å². The third kappa shape index (κ3) is 4.45. The van der Waals surface area contributed by atoms with Crippen LogP contribution in [-0.4, -0.2) is 38.2 Å². The normalized spacial score (nSPS) is 15.0. The summed E-state index contributed by atoms with van der Waals surface area (Å²) in [5.41, 5.74) is 1.16. The van der Waals surface area contributed by atoms with Gasteiger partial charge in [0.25, 0.3) is 0 Å². The van der Waals surface area contributed by atoms with E-state index in [1.807, 2.05) is 6.07 Å². The molecular weight excluding hydrogens is 372 g/mol. The molecule has 1 saturated carbocycles. The molecule has 0 amide bonds. The highest BCUT2D eigenvalue weighted by atomic mass is 79.9. The molecule has 1 aromatic rings. The van der Waals surface area contributed by atoms with Crippen molar-refractivity contribution in [3.05, 3.63) is 26.6 Å². The molecule has 5 heteroatoms. The monoisotopic (exact) mass is 390 g/mol. The number of nitrogens with one attached hydrogen (secondary N) is 1. The molecule has 0 aromatic heterocycles. The average Bonchev–Trinajstić information content (AvgIpc) is 3.18. The minimum Gasteiger partial charge on any atom is -0.495 e. The second kappa shape index (κ2) is 7.07. The molecule has 0 unspecified atom stereocenters. The second-order valence-corrected chi connectivity index (χ2v) is 6.74. The fourth-order valence-electron chi connectivity index (χ4n) is 2.15. The fourth-order valence-corrected chi connectivity index (χ4v) is 3.63. The predicted octanol–water partition coefficient (Wildman–Crippen LogP) is 3.40. The van der Waals surface area contributed by atoms with Crippen molar-refractivity contribution < 1.29 is 4.74 Å². The zero-order valence-corrected chi connectivity index (χ0v) is 14.6. The first-order valence-corrected chi connectivity index (χ1v) is 8.13. The van der Waals surface area contributed by atoms with E-state index >= 15 is 0 Å². The van der Waals surface area contributed by atoms with Crippen LogP contribution in [0.4, 0.5) is 0 Å².